The van der Waals surface area contributed by atoms with Crippen LogP contribution < -0.4 is 10.6 Å². The molecule has 0 bridgehead atoms. The molecule has 21 heavy (non-hydrogen) atoms. The normalized spacial score (nSPS) is 10.0. The van der Waals surface area contributed by atoms with Crippen LogP contribution in [0.25, 0.3) is 0 Å². The average Bonchev–Trinajstić information content (AvgIpc) is 2.41. The fourth-order valence-electron chi connectivity index (χ4n) is 1.62. The molecule has 0 radical (unpaired) electrons. The van der Waals surface area contributed by atoms with Crippen molar-refractivity contribution < 1.29 is 14.7 Å². The molecule has 0 aromatic heterocycles. The van der Waals surface area contributed by atoms with Crippen LogP contribution >= 0.6 is 27.5 Å². The fourth-order valence-corrected chi connectivity index (χ4v) is 2.06. The van der Waals surface area contributed by atoms with Gasteiger partial charge in [-0.1, -0.05) is 27.5 Å². The number of hydrogen-bond donors (Lipinski definition) is 3. The lowest BCUT2D eigenvalue weighted by Crippen LogP contribution is -2.21. The van der Waals surface area contributed by atoms with Gasteiger partial charge >= 0.3 is 12.0 Å². The van der Waals surface area contributed by atoms with E-state index in [-0.39, 0.29) is 11.3 Å². The summed E-state index contributed by atoms with van der Waals surface area (Å²) in [6, 6.07) is 10.6. The molecule has 0 unspecified atom stereocenters. The molecule has 0 atom stereocenters. The monoisotopic (exact) mass is 368 g/mol. The van der Waals surface area contributed by atoms with Gasteiger partial charge in [-0.15, -0.1) is 0 Å². The van der Waals surface area contributed by atoms with Crippen LogP contribution in [0.4, 0.5) is 16.2 Å². The minimum absolute atomic E-state index is 0.0367. The molecule has 0 saturated heterocycles. The highest BCUT2D eigenvalue weighted by Gasteiger charge is 2.13. The molecular weight excluding hydrogens is 360 g/mol. The fraction of sp³-hybridized carbons (Fsp3) is 0. The van der Waals surface area contributed by atoms with E-state index >= 15 is 0 Å². The number of urea groups is 1. The third kappa shape index (κ3) is 4.21. The Morgan fingerprint density at radius 2 is 1.71 bits per heavy atom. The van der Waals surface area contributed by atoms with E-state index < -0.39 is 12.0 Å². The summed E-state index contributed by atoms with van der Waals surface area (Å²) in [5.74, 6) is -1.15. The molecule has 0 aliphatic carbocycles. The second-order valence-electron chi connectivity index (χ2n) is 4.08. The van der Waals surface area contributed by atoms with E-state index in [1.54, 1.807) is 24.3 Å². The van der Waals surface area contributed by atoms with E-state index in [1.165, 1.54) is 18.2 Å². The number of amides is 2. The molecule has 0 aliphatic heterocycles. The Morgan fingerprint density at radius 1 is 1.05 bits per heavy atom. The van der Waals surface area contributed by atoms with E-state index in [4.69, 9.17) is 16.7 Å². The summed E-state index contributed by atoms with van der Waals surface area (Å²) >= 11 is 9.10. The summed E-state index contributed by atoms with van der Waals surface area (Å²) in [6.07, 6.45) is 0. The Balaban J connectivity index is 2.14. The van der Waals surface area contributed by atoms with Crippen LogP contribution in [0, 0.1) is 0 Å². The van der Waals surface area contributed by atoms with Crippen LogP contribution in [0.5, 0.6) is 0 Å². The van der Waals surface area contributed by atoms with Gasteiger partial charge in [-0.3, -0.25) is 0 Å². The quantitative estimate of drug-likeness (QED) is 0.748. The molecular formula is C14H10BrClN2O3. The lowest BCUT2D eigenvalue weighted by atomic mass is 10.2. The maximum atomic E-state index is 11.9. The van der Waals surface area contributed by atoms with Gasteiger partial charge in [0.2, 0.25) is 0 Å². The number of carbonyl (C=O) groups is 2. The SMILES string of the molecule is O=C(Nc1ccc(Br)cc1)Nc1cc(Cl)ccc1C(=O)O. The third-order valence-electron chi connectivity index (χ3n) is 2.56. The molecule has 0 saturated carbocycles. The van der Waals surface area contributed by atoms with Crippen LogP contribution in [0.15, 0.2) is 46.9 Å². The summed E-state index contributed by atoms with van der Waals surface area (Å²) < 4.78 is 0.886. The second-order valence-corrected chi connectivity index (χ2v) is 5.43. The Bertz CT molecular complexity index is 689. The molecule has 7 heteroatoms. The topological polar surface area (TPSA) is 78.4 Å². The van der Waals surface area contributed by atoms with Gasteiger partial charge in [-0.05, 0) is 42.5 Å². The molecule has 0 spiro atoms. The summed E-state index contributed by atoms with van der Waals surface area (Å²) in [6.45, 7) is 0. The standard InChI is InChI=1S/C14H10BrClN2O3/c15-8-1-4-10(5-2-8)17-14(21)18-12-7-9(16)3-6-11(12)13(19)20/h1-7H,(H,19,20)(H2,17,18,21). The van der Waals surface area contributed by atoms with Gasteiger partial charge < -0.3 is 15.7 Å². The van der Waals surface area contributed by atoms with Gasteiger partial charge in [-0.2, -0.15) is 0 Å². The van der Waals surface area contributed by atoms with E-state index in [2.05, 4.69) is 26.6 Å². The van der Waals surface area contributed by atoms with Crippen LogP contribution in [0.3, 0.4) is 0 Å². The number of rotatable bonds is 3. The molecule has 5 nitrogen and oxygen atoms in total. The molecule has 2 amide bonds. The molecule has 0 fully saturated rings. The third-order valence-corrected chi connectivity index (χ3v) is 3.33. The second kappa shape index (κ2) is 6.60. The van der Waals surface area contributed by atoms with Crippen LogP contribution in [-0.4, -0.2) is 17.1 Å². The molecule has 2 aromatic rings. The summed E-state index contributed by atoms with van der Waals surface area (Å²) in [7, 11) is 0. The molecule has 2 aromatic carbocycles. The minimum atomic E-state index is -1.15. The molecule has 108 valence electrons. The number of carbonyl (C=O) groups excluding carboxylic acids is 1. The van der Waals surface area contributed by atoms with Crippen molar-refractivity contribution in [3.8, 4) is 0 Å². The van der Waals surface area contributed by atoms with Crippen molar-refractivity contribution in [3.05, 3.63) is 57.5 Å². The smallest absolute Gasteiger partial charge is 0.337 e. The predicted octanol–water partition coefficient (Wildman–Crippen LogP) is 4.44. The van der Waals surface area contributed by atoms with Crippen molar-refractivity contribution in [1.82, 2.24) is 0 Å². The van der Waals surface area contributed by atoms with Crippen LogP contribution in [0.1, 0.15) is 10.4 Å². The highest BCUT2D eigenvalue weighted by molar-refractivity contribution is 9.10. The predicted molar refractivity (Wildman–Crippen MR) is 85.2 cm³/mol. The van der Waals surface area contributed by atoms with E-state index in [0.29, 0.717) is 10.7 Å². The number of halogens is 2. The first-order chi connectivity index (χ1) is 9.95. The number of nitrogens with one attached hydrogen (secondary N) is 2. The van der Waals surface area contributed by atoms with Crippen molar-refractivity contribution in [2.24, 2.45) is 0 Å². The number of hydrogen-bond acceptors (Lipinski definition) is 2. The number of anilines is 2. The summed E-state index contributed by atoms with van der Waals surface area (Å²) in [4.78, 5) is 23.0. The van der Waals surface area contributed by atoms with Gasteiger partial charge in [-0.25, -0.2) is 9.59 Å². The largest absolute Gasteiger partial charge is 0.478 e. The van der Waals surface area contributed by atoms with Crippen molar-refractivity contribution in [3.63, 3.8) is 0 Å². The number of carboxylic acids is 1. The van der Waals surface area contributed by atoms with Gasteiger partial charge in [0, 0.05) is 15.2 Å². The van der Waals surface area contributed by atoms with E-state index in [1.807, 2.05) is 0 Å². The van der Waals surface area contributed by atoms with Gasteiger partial charge in [0.15, 0.2) is 0 Å². The summed E-state index contributed by atoms with van der Waals surface area (Å²) in [5, 5.41) is 14.5. The van der Waals surface area contributed by atoms with Gasteiger partial charge in [0.1, 0.15) is 0 Å². The van der Waals surface area contributed by atoms with Crippen LogP contribution in [-0.2, 0) is 0 Å². The zero-order valence-electron chi connectivity index (χ0n) is 10.6. The molecule has 3 N–H and O–H groups in total. The first-order valence-electron chi connectivity index (χ1n) is 5.82. The Hall–Kier alpha value is -2.05. The van der Waals surface area contributed by atoms with Gasteiger partial charge in [0.05, 0.1) is 11.3 Å². The zero-order valence-corrected chi connectivity index (χ0v) is 12.9. The highest BCUT2D eigenvalue weighted by Crippen LogP contribution is 2.21. The number of aromatic carboxylic acids is 1. The first kappa shape index (κ1) is 15.3. The maximum absolute atomic E-state index is 11.9. The van der Waals surface area contributed by atoms with Gasteiger partial charge in [0.25, 0.3) is 0 Å². The lowest BCUT2D eigenvalue weighted by Gasteiger charge is -2.10. The van der Waals surface area contributed by atoms with Crippen molar-refractivity contribution in [2.75, 3.05) is 10.6 Å². The molecule has 0 aliphatic rings. The lowest BCUT2D eigenvalue weighted by molar-refractivity contribution is 0.0698. The van der Waals surface area contributed by atoms with Crippen LogP contribution in [0.2, 0.25) is 5.02 Å². The van der Waals surface area contributed by atoms with Crippen molar-refractivity contribution in [2.45, 2.75) is 0 Å². The van der Waals surface area contributed by atoms with Crippen molar-refractivity contribution >= 4 is 50.9 Å². The van der Waals surface area contributed by atoms with E-state index in [9.17, 15) is 9.59 Å². The Kier molecular flexibility index (Phi) is 4.82. The molecule has 2 rings (SSSR count). The van der Waals surface area contributed by atoms with Crippen molar-refractivity contribution in [1.29, 1.82) is 0 Å². The minimum Gasteiger partial charge on any atom is -0.478 e. The summed E-state index contributed by atoms with van der Waals surface area (Å²) in [5.41, 5.74) is 0.671. The number of benzene rings is 2. The van der Waals surface area contributed by atoms with E-state index in [0.717, 1.165) is 4.47 Å². The Morgan fingerprint density at radius 3 is 2.33 bits per heavy atom. The number of carboxylic acid groups (broad SMARTS) is 1. The highest BCUT2D eigenvalue weighted by atomic mass is 79.9. The molecule has 0 heterocycles. The average molecular weight is 370 g/mol. The maximum Gasteiger partial charge on any atom is 0.337 e. The first-order valence-corrected chi connectivity index (χ1v) is 6.99. The zero-order chi connectivity index (χ0) is 15.4. The Labute approximate surface area is 134 Å².